The van der Waals surface area contributed by atoms with Crippen LogP contribution in [-0.2, 0) is 9.53 Å². The molecule has 0 heterocycles. The lowest BCUT2D eigenvalue weighted by atomic mass is 9.92. The zero-order chi connectivity index (χ0) is 20.1. The molecule has 28 heavy (non-hydrogen) atoms. The summed E-state index contributed by atoms with van der Waals surface area (Å²) < 4.78 is 5.63. The molecular weight excluding hydrogens is 368 g/mol. The number of fused-ring (bicyclic) bond motifs is 1. The molecule has 2 atom stereocenters. The molecule has 3 nitrogen and oxygen atoms in total. The number of ether oxygens (including phenoxy) is 1. The molecule has 0 amide bonds. The molecule has 0 unspecified atom stereocenters. The summed E-state index contributed by atoms with van der Waals surface area (Å²) in [4.78, 5) is 14.0. The van der Waals surface area contributed by atoms with E-state index in [1.165, 1.54) is 0 Å². The van der Waals surface area contributed by atoms with Gasteiger partial charge in [0, 0.05) is 10.6 Å². The lowest BCUT2D eigenvalue weighted by Gasteiger charge is -2.27. The number of carbonyl (C=O) groups is 1. The number of esters is 1. The normalized spacial score (nSPS) is 13.9. The first kappa shape index (κ1) is 20.4. The third kappa shape index (κ3) is 5.15. The molecule has 0 radical (unpaired) electrons. The second-order valence-electron chi connectivity index (χ2n) is 7.78. The summed E-state index contributed by atoms with van der Waals surface area (Å²) in [5.41, 5.74) is 0.146. The number of thioether (sulfide) groups is 1. The van der Waals surface area contributed by atoms with Gasteiger partial charge in [-0.1, -0.05) is 60.7 Å². The molecule has 0 saturated heterocycles. The second-order valence-corrected chi connectivity index (χ2v) is 8.87. The first-order chi connectivity index (χ1) is 13.3. The van der Waals surface area contributed by atoms with Crippen LogP contribution >= 0.6 is 11.8 Å². The van der Waals surface area contributed by atoms with Crippen molar-refractivity contribution in [1.82, 2.24) is 0 Å². The van der Waals surface area contributed by atoms with Crippen LogP contribution in [0.15, 0.2) is 77.7 Å². The molecule has 0 spiro atoms. The number of carbonyl (C=O) groups excluding carboxylic acids is 1. The van der Waals surface area contributed by atoms with E-state index in [9.17, 15) is 9.90 Å². The summed E-state index contributed by atoms with van der Waals surface area (Å²) in [5, 5.41) is 13.2. The number of aliphatic hydroxyl groups is 1. The Hall–Kier alpha value is -2.30. The predicted octanol–water partition coefficient (Wildman–Crippen LogP) is 5.62. The van der Waals surface area contributed by atoms with Gasteiger partial charge >= 0.3 is 5.97 Å². The molecule has 0 aliphatic carbocycles. The Labute approximate surface area is 170 Å². The average Bonchev–Trinajstić information content (AvgIpc) is 2.67. The zero-order valence-electron chi connectivity index (χ0n) is 16.5. The number of hydrogen-bond acceptors (Lipinski definition) is 4. The van der Waals surface area contributed by atoms with Crippen molar-refractivity contribution >= 4 is 28.5 Å². The maximum absolute atomic E-state index is 12.9. The van der Waals surface area contributed by atoms with Gasteiger partial charge in [0.25, 0.3) is 0 Å². The summed E-state index contributed by atoms with van der Waals surface area (Å²) in [7, 11) is 0. The van der Waals surface area contributed by atoms with Crippen molar-refractivity contribution < 1.29 is 14.6 Å². The number of rotatable bonds is 6. The van der Waals surface area contributed by atoms with Crippen molar-refractivity contribution in [2.75, 3.05) is 5.75 Å². The topological polar surface area (TPSA) is 46.5 Å². The highest BCUT2D eigenvalue weighted by Crippen LogP contribution is 2.34. The minimum absolute atomic E-state index is 0.378. The van der Waals surface area contributed by atoms with Gasteiger partial charge in [-0.05, 0) is 49.2 Å². The third-order valence-corrected chi connectivity index (χ3v) is 5.54. The largest absolute Gasteiger partial charge is 0.460 e. The maximum atomic E-state index is 12.9. The Balaban J connectivity index is 1.91. The van der Waals surface area contributed by atoms with Crippen LogP contribution in [-0.4, -0.2) is 22.4 Å². The molecule has 0 saturated carbocycles. The van der Waals surface area contributed by atoms with Gasteiger partial charge in [-0.25, -0.2) is 0 Å². The van der Waals surface area contributed by atoms with Crippen LogP contribution in [0.5, 0.6) is 0 Å². The van der Waals surface area contributed by atoms with Crippen molar-refractivity contribution in [1.29, 1.82) is 0 Å². The van der Waals surface area contributed by atoms with Crippen LogP contribution in [0.1, 0.15) is 32.4 Å². The van der Waals surface area contributed by atoms with Crippen LogP contribution in [0.2, 0.25) is 0 Å². The van der Waals surface area contributed by atoms with Crippen molar-refractivity contribution in [3.05, 3.63) is 78.4 Å². The quantitative estimate of drug-likeness (QED) is 0.435. The molecule has 0 aliphatic heterocycles. The number of aliphatic hydroxyl groups excluding tert-OH is 1. The SMILES string of the molecule is CC(C)(C)OC(=O)[C@@H](CSc1ccccc1)[C@H](O)c1cccc2ccccc12. The van der Waals surface area contributed by atoms with Gasteiger partial charge in [0.2, 0.25) is 0 Å². The van der Waals surface area contributed by atoms with Gasteiger partial charge in [0.15, 0.2) is 0 Å². The average molecular weight is 395 g/mol. The van der Waals surface area contributed by atoms with Crippen molar-refractivity contribution in [3.8, 4) is 0 Å². The van der Waals surface area contributed by atoms with Gasteiger partial charge in [-0.3, -0.25) is 4.79 Å². The minimum Gasteiger partial charge on any atom is -0.460 e. The standard InChI is InChI=1S/C24H26O3S/c1-24(2,3)27-23(26)21(16-28-18-12-5-4-6-13-18)22(25)20-15-9-11-17-10-7-8-14-19(17)20/h4-15,21-22,25H,16H2,1-3H3/t21-,22+/m0/s1. The van der Waals surface area contributed by atoms with Gasteiger partial charge in [0.1, 0.15) is 5.60 Å². The molecule has 4 heteroatoms. The molecule has 0 aromatic heterocycles. The van der Waals surface area contributed by atoms with E-state index in [1.807, 2.05) is 93.6 Å². The van der Waals surface area contributed by atoms with Gasteiger partial charge < -0.3 is 9.84 Å². The first-order valence-electron chi connectivity index (χ1n) is 9.41. The van der Waals surface area contributed by atoms with Crippen LogP contribution < -0.4 is 0 Å². The van der Waals surface area contributed by atoms with E-state index in [-0.39, 0.29) is 5.97 Å². The molecule has 3 rings (SSSR count). The fourth-order valence-electron chi connectivity index (χ4n) is 3.09. The van der Waals surface area contributed by atoms with E-state index in [2.05, 4.69) is 0 Å². The molecular formula is C24H26O3S. The summed E-state index contributed by atoms with van der Waals surface area (Å²) >= 11 is 1.55. The van der Waals surface area contributed by atoms with E-state index in [0.717, 1.165) is 21.2 Å². The number of benzene rings is 3. The van der Waals surface area contributed by atoms with E-state index in [0.29, 0.717) is 5.75 Å². The Morgan fingerprint density at radius 1 is 0.964 bits per heavy atom. The van der Waals surface area contributed by atoms with E-state index in [1.54, 1.807) is 11.8 Å². The fourth-order valence-corrected chi connectivity index (χ4v) is 4.13. The zero-order valence-corrected chi connectivity index (χ0v) is 17.3. The van der Waals surface area contributed by atoms with E-state index < -0.39 is 17.6 Å². The van der Waals surface area contributed by atoms with E-state index >= 15 is 0 Å². The summed E-state index contributed by atoms with van der Waals surface area (Å²) in [6.07, 6.45) is -0.947. The van der Waals surface area contributed by atoms with Gasteiger partial charge in [-0.2, -0.15) is 0 Å². The molecule has 3 aromatic rings. The second kappa shape index (κ2) is 8.80. The highest BCUT2D eigenvalue weighted by molar-refractivity contribution is 7.99. The lowest BCUT2D eigenvalue weighted by Crippen LogP contribution is -2.33. The highest BCUT2D eigenvalue weighted by atomic mass is 32.2. The summed E-state index contributed by atoms with van der Waals surface area (Å²) in [5.74, 6) is -0.616. The van der Waals surface area contributed by atoms with Crippen molar-refractivity contribution in [2.45, 2.75) is 37.4 Å². The molecule has 146 valence electrons. The third-order valence-electron chi connectivity index (χ3n) is 4.41. The minimum atomic E-state index is -0.947. The highest BCUT2D eigenvalue weighted by Gasteiger charge is 2.33. The van der Waals surface area contributed by atoms with Crippen LogP contribution in [0.4, 0.5) is 0 Å². The van der Waals surface area contributed by atoms with Crippen LogP contribution in [0.3, 0.4) is 0 Å². The van der Waals surface area contributed by atoms with Crippen molar-refractivity contribution in [3.63, 3.8) is 0 Å². The summed E-state index contributed by atoms with van der Waals surface area (Å²) in [6.45, 7) is 5.53. The Bertz CT molecular complexity index is 926. The monoisotopic (exact) mass is 394 g/mol. The Morgan fingerprint density at radius 3 is 2.32 bits per heavy atom. The Kier molecular flexibility index (Phi) is 6.42. The molecule has 0 fully saturated rings. The first-order valence-corrected chi connectivity index (χ1v) is 10.4. The lowest BCUT2D eigenvalue weighted by molar-refractivity contribution is -0.163. The number of hydrogen-bond donors (Lipinski definition) is 1. The van der Waals surface area contributed by atoms with Gasteiger partial charge in [-0.15, -0.1) is 11.8 Å². The fraction of sp³-hybridized carbons (Fsp3) is 0.292. The summed E-state index contributed by atoms with van der Waals surface area (Å²) in [6, 6.07) is 23.6. The smallest absolute Gasteiger partial charge is 0.313 e. The van der Waals surface area contributed by atoms with Crippen LogP contribution in [0.25, 0.3) is 10.8 Å². The maximum Gasteiger partial charge on any atom is 0.313 e. The molecule has 1 N–H and O–H groups in total. The van der Waals surface area contributed by atoms with Gasteiger partial charge in [0.05, 0.1) is 12.0 Å². The van der Waals surface area contributed by atoms with Crippen molar-refractivity contribution in [2.24, 2.45) is 5.92 Å². The molecule has 0 aliphatic rings. The molecule has 0 bridgehead atoms. The van der Waals surface area contributed by atoms with Crippen LogP contribution in [0, 0.1) is 5.92 Å². The molecule has 3 aromatic carbocycles. The predicted molar refractivity (Wildman–Crippen MR) is 115 cm³/mol. The van der Waals surface area contributed by atoms with E-state index in [4.69, 9.17) is 4.74 Å². The Morgan fingerprint density at radius 2 is 1.61 bits per heavy atom.